The summed E-state index contributed by atoms with van der Waals surface area (Å²) in [5, 5.41) is 0. The zero-order valence-corrected chi connectivity index (χ0v) is 15.9. The van der Waals surface area contributed by atoms with E-state index in [4.69, 9.17) is 9.47 Å². The molecule has 0 radical (unpaired) electrons. The van der Waals surface area contributed by atoms with Crippen molar-refractivity contribution in [1.82, 2.24) is 9.80 Å². The number of hydrogen-bond acceptors (Lipinski definition) is 4. The van der Waals surface area contributed by atoms with Crippen LogP contribution in [0.15, 0.2) is 30.3 Å². The van der Waals surface area contributed by atoms with Gasteiger partial charge in [0.25, 0.3) is 0 Å². The zero-order valence-electron chi connectivity index (χ0n) is 15.9. The van der Waals surface area contributed by atoms with Crippen molar-refractivity contribution < 1.29 is 14.3 Å². The van der Waals surface area contributed by atoms with Crippen LogP contribution in [0.1, 0.15) is 39.2 Å². The third-order valence-electron chi connectivity index (χ3n) is 5.08. The second-order valence-corrected chi connectivity index (χ2v) is 6.42. The van der Waals surface area contributed by atoms with Crippen molar-refractivity contribution in [3.63, 3.8) is 0 Å². The van der Waals surface area contributed by atoms with Gasteiger partial charge in [0, 0.05) is 19.6 Å². The molecule has 1 aliphatic rings. The number of rotatable bonds is 8. The Morgan fingerprint density at radius 3 is 2.32 bits per heavy atom. The fraction of sp³-hybridized carbons (Fsp3) is 0.650. The lowest BCUT2D eigenvalue weighted by Crippen LogP contribution is -2.47. The van der Waals surface area contributed by atoms with Gasteiger partial charge in [-0.3, -0.25) is 0 Å². The van der Waals surface area contributed by atoms with Crippen molar-refractivity contribution in [2.75, 3.05) is 45.9 Å². The van der Waals surface area contributed by atoms with Gasteiger partial charge in [-0.05, 0) is 38.4 Å². The highest BCUT2D eigenvalue weighted by Crippen LogP contribution is 2.37. The summed E-state index contributed by atoms with van der Waals surface area (Å²) in [6.45, 7) is 11.6. The number of benzene rings is 1. The first kappa shape index (κ1) is 19.7. The molecular weight excluding hydrogens is 316 g/mol. The summed E-state index contributed by atoms with van der Waals surface area (Å²) in [5.74, 6) is 0. The number of likely N-dealkylation sites (N-methyl/N-ethyl adjacent to an activating group) is 1. The number of carbonyl (C=O) groups is 1. The monoisotopic (exact) mass is 348 g/mol. The molecule has 0 N–H and O–H groups in total. The molecular formula is C20H32N2O3. The Balaban J connectivity index is 2.04. The van der Waals surface area contributed by atoms with Crippen molar-refractivity contribution in [3.8, 4) is 0 Å². The molecule has 0 spiro atoms. The van der Waals surface area contributed by atoms with Crippen LogP contribution in [-0.4, -0.2) is 61.8 Å². The van der Waals surface area contributed by atoms with Crippen molar-refractivity contribution in [3.05, 3.63) is 35.9 Å². The Morgan fingerprint density at radius 2 is 1.76 bits per heavy atom. The van der Waals surface area contributed by atoms with Crippen LogP contribution in [-0.2, 0) is 15.1 Å². The lowest BCUT2D eigenvalue weighted by Gasteiger charge is -2.42. The number of likely N-dealkylation sites (tertiary alicyclic amines) is 1. The number of ether oxygens (including phenoxy) is 2. The zero-order chi connectivity index (χ0) is 18.1. The van der Waals surface area contributed by atoms with Gasteiger partial charge in [-0.2, -0.15) is 0 Å². The normalized spacial score (nSPS) is 16.9. The van der Waals surface area contributed by atoms with Crippen molar-refractivity contribution in [1.29, 1.82) is 0 Å². The molecule has 0 unspecified atom stereocenters. The summed E-state index contributed by atoms with van der Waals surface area (Å²) in [5.41, 5.74) is 0.898. The molecule has 1 aromatic carbocycles. The third kappa shape index (κ3) is 5.19. The molecule has 140 valence electrons. The maximum atomic E-state index is 12.0. The highest BCUT2D eigenvalue weighted by Gasteiger charge is 2.38. The first-order valence-corrected chi connectivity index (χ1v) is 9.48. The van der Waals surface area contributed by atoms with Crippen LogP contribution >= 0.6 is 0 Å². The molecule has 0 atom stereocenters. The minimum atomic E-state index is -0.308. The van der Waals surface area contributed by atoms with Crippen molar-refractivity contribution in [2.24, 2.45) is 0 Å². The Hall–Kier alpha value is -1.59. The van der Waals surface area contributed by atoms with E-state index in [0.29, 0.717) is 26.3 Å². The van der Waals surface area contributed by atoms with E-state index in [0.717, 1.165) is 32.5 Å². The largest absolute Gasteiger partial charge is 0.450 e. The van der Waals surface area contributed by atoms with Gasteiger partial charge < -0.3 is 19.3 Å². The molecule has 1 fully saturated rings. The Bertz CT molecular complexity index is 509. The molecule has 1 aromatic rings. The van der Waals surface area contributed by atoms with E-state index in [1.807, 2.05) is 13.0 Å². The quantitative estimate of drug-likeness (QED) is 0.721. The molecule has 0 aliphatic carbocycles. The van der Waals surface area contributed by atoms with Gasteiger partial charge in [-0.15, -0.1) is 0 Å². The number of amides is 1. The number of carbonyl (C=O) groups excluding carboxylic acids is 1. The maximum Gasteiger partial charge on any atom is 0.409 e. The standard InChI is InChI=1S/C20H32N2O3/c1-4-21(5-2)16-17-25-20(18-10-8-7-9-11-18)12-14-22(15-13-20)19(23)24-6-3/h7-11H,4-6,12-17H2,1-3H3. The molecule has 0 bridgehead atoms. The number of piperidine rings is 1. The lowest BCUT2D eigenvalue weighted by molar-refractivity contribution is -0.0915. The van der Waals surface area contributed by atoms with Crippen LogP contribution < -0.4 is 0 Å². The molecule has 0 saturated carbocycles. The van der Waals surface area contributed by atoms with Crippen LogP contribution in [0.2, 0.25) is 0 Å². The predicted octanol–water partition coefficient (Wildman–Crippen LogP) is 3.49. The second kappa shape index (κ2) is 9.78. The minimum absolute atomic E-state index is 0.215. The molecule has 1 heterocycles. The first-order chi connectivity index (χ1) is 12.1. The summed E-state index contributed by atoms with van der Waals surface area (Å²) < 4.78 is 11.6. The molecule has 5 nitrogen and oxygen atoms in total. The van der Waals surface area contributed by atoms with E-state index in [1.54, 1.807) is 4.90 Å². The van der Waals surface area contributed by atoms with Crippen LogP contribution in [0, 0.1) is 0 Å². The van der Waals surface area contributed by atoms with E-state index < -0.39 is 0 Å². The SMILES string of the molecule is CCOC(=O)N1CCC(OCCN(CC)CC)(c2ccccc2)CC1. The first-order valence-electron chi connectivity index (χ1n) is 9.48. The second-order valence-electron chi connectivity index (χ2n) is 6.42. The highest BCUT2D eigenvalue weighted by molar-refractivity contribution is 5.67. The lowest BCUT2D eigenvalue weighted by atomic mass is 9.84. The number of nitrogens with zero attached hydrogens (tertiary/aromatic N) is 2. The van der Waals surface area contributed by atoms with Gasteiger partial charge in [-0.1, -0.05) is 44.2 Å². The smallest absolute Gasteiger partial charge is 0.409 e. The molecule has 1 aliphatic heterocycles. The Labute approximate surface area is 151 Å². The van der Waals surface area contributed by atoms with Gasteiger partial charge in [0.05, 0.1) is 18.8 Å². The average molecular weight is 348 g/mol. The summed E-state index contributed by atoms with van der Waals surface area (Å²) in [7, 11) is 0. The average Bonchev–Trinajstić information content (AvgIpc) is 2.66. The molecule has 1 amide bonds. The van der Waals surface area contributed by atoms with Gasteiger partial charge in [0.2, 0.25) is 0 Å². The van der Waals surface area contributed by atoms with Crippen LogP contribution in [0.3, 0.4) is 0 Å². The number of hydrogen-bond donors (Lipinski definition) is 0. The van der Waals surface area contributed by atoms with E-state index >= 15 is 0 Å². The summed E-state index contributed by atoms with van der Waals surface area (Å²) in [4.78, 5) is 16.1. The van der Waals surface area contributed by atoms with Crippen LogP contribution in [0.5, 0.6) is 0 Å². The third-order valence-corrected chi connectivity index (χ3v) is 5.08. The summed E-state index contributed by atoms with van der Waals surface area (Å²) in [6.07, 6.45) is 1.38. The highest BCUT2D eigenvalue weighted by atomic mass is 16.6. The van der Waals surface area contributed by atoms with E-state index in [9.17, 15) is 4.79 Å². The molecule has 25 heavy (non-hydrogen) atoms. The Kier molecular flexibility index (Phi) is 7.72. The van der Waals surface area contributed by atoms with E-state index in [1.165, 1.54) is 5.56 Å². The molecule has 1 saturated heterocycles. The molecule has 2 rings (SSSR count). The van der Waals surface area contributed by atoms with Crippen molar-refractivity contribution in [2.45, 2.75) is 39.2 Å². The maximum absolute atomic E-state index is 12.0. The van der Waals surface area contributed by atoms with Crippen LogP contribution in [0.4, 0.5) is 4.79 Å². The molecule has 0 aromatic heterocycles. The summed E-state index contributed by atoms with van der Waals surface area (Å²) >= 11 is 0. The van der Waals surface area contributed by atoms with Gasteiger partial charge in [0.1, 0.15) is 0 Å². The Morgan fingerprint density at radius 1 is 1.12 bits per heavy atom. The van der Waals surface area contributed by atoms with Crippen LogP contribution in [0.25, 0.3) is 0 Å². The predicted molar refractivity (Wildman–Crippen MR) is 99.7 cm³/mol. The van der Waals surface area contributed by atoms with E-state index in [2.05, 4.69) is 43.0 Å². The summed E-state index contributed by atoms with van der Waals surface area (Å²) in [6, 6.07) is 10.4. The van der Waals surface area contributed by atoms with Crippen molar-refractivity contribution >= 4 is 6.09 Å². The fourth-order valence-corrected chi connectivity index (χ4v) is 3.43. The minimum Gasteiger partial charge on any atom is -0.450 e. The fourth-order valence-electron chi connectivity index (χ4n) is 3.43. The molecule has 5 heteroatoms. The van der Waals surface area contributed by atoms with Gasteiger partial charge in [0.15, 0.2) is 0 Å². The van der Waals surface area contributed by atoms with Gasteiger partial charge in [-0.25, -0.2) is 4.79 Å². The topological polar surface area (TPSA) is 42.0 Å². The van der Waals surface area contributed by atoms with E-state index in [-0.39, 0.29) is 11.7 Å². The van der Waals surface area contributed by atoms with Gasteiger partial charge >= 0.3 is 6.09 Å².